The van der Waals surface area contributed by atoms with E-state index in [4.69, 9.17) is 21.3 Å². The highest BCUT2D eigenvalue weighted by molar-refractivity contribution is 6.30. The van der Waals surface area contributed by atoms with E-state index in [9.17, 15) is 4.79 Å². The smallest absolute Gasteiger partial charge is 0.274 e. The van der Waals surface area contributed by atoms with E-state index in [1.54, 1.807) is 24.3 Å². The number of benzene rings is 1. The number of nitriles is 1. The average molecular weight is 340 g/mol. The molecule has 0 bridgehead atoms. The van der Waals surface area contributed by atoms with E-state index in [-0.39, 0.29) is 12.0 Å². The predicted octanol–water partition coefficient (Wildman–Crippen LogP) is 2.24. The summed E-state index contributed by atoms with van der Waals surface area (Å²) in [6.07, 6.45) is 1.89. The van der Waals surface area contributed by atoms with Crippen LogP contribution in [0.3, 0.4) is 0 Å². The van der Waals surface area contributed by atoms with Gasteiger partial charge < -0.3 is 4.42 Å². The molecule has 1 aromatic carbocycles. The lowest BCUT2D eigenvalue weighted by molar-refractivity contribution is 0.571. The molecular weight excluding hydrogens is 326 g/mol. The molecule has 0 saturated heterocycles. The molecule has 0 unspecified atom stereocenters. The van der Waals surface area contributed by atoms with Crippen LogP contribution in [-0.4, -0.2) is 9.78 Å². The maximum Gasteiger partial charge on any atom is 0.274 e. The van der Waals surface area contributed by atoms with Crippen molar-refractivity contribution in [2.45, 2.75) is 13.0 Å². The summed E-state index contributed by atoms with van der Waals surface area (Å²) in [4.78, 5) is 12.3. The van der Waals surface area contributed by atoms with Crippen LogP contribution in [0, 0.1) is 11.3 Å². The molecule has 3 aromatic rings. The lowest BCUT2D eigenvalue weighted by Crippen LogP contribution is -2.34. The first kappa shape index (κ1) is 15.9. The van der Waals surface area contributed by atoms with Crippen LogP contribution in [0.4, 0.5) is 0 Å². The summed E-state index contributed by atoms with van der Waals surface area (Å²) in [7, 11) is 0. The van der Waals surface area contributed by atoms with Gasteiger partial charge in [-0.05, 0) is 42.5 Å². The summed E-state index contributed by atoms with van der Waals surface area (Å²) < 4.78 is 7.15. The minimum Gasteiger partial charge on any atom is -0.457 e. The lowest BCUT2D eigenvalue weighted by Gasteiger charge is -1.96. The number of aryl methyl sites for hydroxylation is 1. The van der Waals surface area contributed by atoms with Crippen LogP contribution in [-0.2, 0) is 6.54 Å². The molecule has 0 aliphatic rings. The van der Waals surface area contributed by atoms with E-state index in [1.165, 1.54) is 4.68 Å². The maximum absolute atomic E-state index is 12.3. The van der Waals surface area contributed by atoms with E-state index >= 15 is 0 Å². The summed E-state index contributed by atoms with van der Waals surface area (Å²) in [5.74, 6) is 1.23. The molecule has 3 rings (SSSR count). The van der Waals surface area contributed by atoms with Crippen LogP contribution < -0.4 is 16.1 Å². The lowest BCUT2D eigenvalue weighted by atomic mass is 10.2. The number of aromatic amines is 1. The minimum atomic E-state index is -0.223. The molecule has 6 heteroatoms. The first-order valence-electron chi connectivity index (χ1n) is 7.30. The van der Waals surface area contributed by atoms with Gasteiger partial charge in [-0.15, -0.1) is 0 Å². The summed E-state index contributed by atoms with van der Waals surface area (Å²) >= 11 is 5.88. The quantitative estimate of drug-likeness (QED) is 0.792. The number of hydrogen-bond acceptors (Lipinski definition) is 3. The maximum atomic E-state index is 12.3. The van der Waals surface area contributed by atoms with Crippen LogP contribution in [0.25, 0.3) is 24.0 Å². The standard InChI is InChI=1S/C18H14ClN3O2/c1-12-16(18(23)22(21-12)10-2-9-20)11-15-7-8-17(24-15)13-3-5-14(19)6-4-13/h3-8,11,21H,1-2,10H2. The molecule has 0 saturated carbocycles. The number of aromatic nitrogens is 2. The fourth-order valence-corrected chi connectivity index (χ4v) is 2.48. The van der Waals surface area contributed by atoms with Gasteiger partial charge in [0.1, 0.15) is 11.5 Å². The molecule has 0 radical (unpaired) electrons. The zero-order valence-electron chi connectivity index (χ0n) is 12.8. The molecule has 2 heterocycles. The topological polar surface area (TPSA) is 74.7 Å². The molecule has 0 atom stereocenters. The number of halogens is 1. The van der Waals surface area contributed by atoms with Crippen molar-refractivity contribution in [1.29, 1.82) is 5.26 Å². The fraction of sp³-hybridized carbons (Fsp3) is 0.111. The Hall–Kier alpha value is -2.97. The Balaban J connectivity index is 1.97. The zero-order chi connectivity index (χ0) is 17.1. The Morgan fingerprint density at radius 1 is 1.29 bits per heavy atom. The zero-order valence-corrected chi connectivity index (χ0v) is 13.5. The summed E-state index contributed by atoms with van der Waals surface area (Å²) in [5.41, 5.74) is 0.675. The molecule has 0 aliphatic heterocycles. The van der Waals surface area contributed by atoms with Crippen molar-refractivity contribution < 1.29 is 4.42 Å². The van der Waals surface area contributed by atoms with Crippen LogP contribution in [0.1, 0.15) is 12.2 Å². The number of nitrogens with one attached hydrogen (secondary N) is 1. The molecule has 1 N–H and O–H groups in total. The Morgan fingerprint density at radius 3 is 2.75 bits per heavy atom. The molecular formula is C18H14ClN3O2. The van der Waals surface area contributed by atoms with Crippen LogP contribution in [0.15, 0.2) is 45.6 Å². The Labute approximate surface area is 142 Å². The average Bonchev–Trinajstić information content (AvgIpc) is 3.14. The number of hydrogen-bond donors (Lipinski definition) is 1. The number of H-pyrrole nitrogens is 1. The van der Waals surface area contributed by atoms with Crippen molar-refractivity contribution in [3.8, 4) is 17.4 Å². The summed E-state index contributed by atoms with van der Waals surface area (Å²) in [6, 6.07) is 12.9. The Kier molecular flexibility index (Phi) is 4.41. The van der Waals surface area contributed by atoms with E-state index in [0.717, 1.165) is 5.56 Å². The molecule has 120 valence electrons. The largest absolute Gasteiger partial charge is 0.457 e. The van der Waals surface area contributed by atoms with Crippen LogP contribution in [0.5, 0.6) is 0 Å². The SMILES string of the molecule is C=c1[nH]n(CCC#N)c(=O)c1=Cc1ccc(-c2ccc(Cl)cc2)o1. The Bertz CT molecular complexity index is 1070. The molecule has 0 aliphatic carbocycles. The number of rotatable bonds is 4. The van der Waals surface area contributed by atoms with Crippen molar-refractivity contribution in [3.05, 3.63) is 68.1 Å². The first-order valence-corrected chi connectivity index (χ1v) is 7.68. The van der Waals surface area contributed by atoms with Gasteiger partial charge in [-0.2, -0.15) is 5.26 Å². The van der Waals surface area contributed by atoms with Crippen molar-refractivity contribution >= 4 is 24.3 Å². The van der Waals surface area contributed by atoms with Gasteiger partial charge in [0.25, 0.3) is 5.56 Å². The Morgan fingerprint density at radius 2 is 2.04 bits per heavy atom. The van der Waals surface area contributed by atoms with Gasteiger partial charge in [0.05, 0.1) is 29.6 Å². The summed E-state index contributed by atoms with van der Waals surface area (Å²) in [6.45, 7) is 4.14. The summed E-state index contributed by atoms with van der Waals surface area (Å²) in [5, 5.41) is 13.1. The third-order valence-electron chi connectivity index (χ3n) is 3.56. The van der Waals surface area contributed by atoms with Gasteiger partial charge in [0.2, 0.25) is 0 Å². The van der Waals surface area contributed by atoms with Gasteiger partial charge in [-0.1, -0.05) is 18.2 Å². The molecule has 2 aromatic heterocycles. The normalized spacial score (nSPS) is 11.6. The predicted molar refractivity (Wildman–Crippen MR) is 92.8 cm³/mol. The first-order chi connectivity index (χ1) is 11.6. The molecule has 0 spiro atoms. The molecule has 5 nitrogen and oxygen atoms in total. The molecule has 0 fully saturated rings. The second-order valence-electron chi connectivity index (χ2n) is 5.22. The van der Waals surface area contributed by atoms with Crippen molar-refractivity contribution in [1.82, 2.24) is 9.78 Å². The van der Waals surface area contributed by atoms with Gasteiger partial charge in [-0.25, -0.2) is 0 Å². The van der Waals surface area contributed by atoms with Crippen molar-refractivity contribution in [3.63, 3.8) is 0 Å². The van der Waals surface area contributed by atoms with Crippen LogP contribution >= 0.6 is 11.6 Å². The van der Waals surface area contributed by atoms with Crippen molar-refractivity contribution in [2.24, 2.45) is 0 Å². The highest BCUT2D eigenvalue weighted by Gasteiger charge is 2.06. The van der Waals surface area contributed by atoms with Gasteiger partial charge in [-0.3, -0.25) is 14.6 Å². The highest BCUT2D eigenvalue weighted by Crippen LogP contribution is 2.23. The number of nitrogens with zero attached hydrogens (tertiary/aromatic N) is 2. The van der Waals surface area contributed by atoms with Gasteiger partial charge in [0, 0.05) is 10.6 Å². The monoisotopic (exact) mass is 339 g/mol. The highest BCUT2D eigenvalue weighted by atomic mass is 35.5. The second-order valence-corrected chi connectivity index (χ2v) is 5.66. The molecule has 24 heavy (non-hydrogen) atoms. The second kappa shape index (κ2) is 6.65. The van der Waals surface area contributed by atoms with Gasteiger partial charge >= 0.3 is 0 Å². The minimum absolute atomic E-state index is 0.223. The van der Waals surface area contributed by atoms with E-state index < -0.39 is 0 Å². The van der Waals surface area contributed by atoms with Gasteiger partial charge in [0.15, 0.2) is 0 Å². The van der Waals surface area contributed by atoms with E-state index in [0.29, 0.717) is 33.7 Å². The molecule has 0 amide bonds. The van der Waals surface area contributed by atoms with Crippen molar-refractivity contribution in [2.75, 3.05) is 0 Å². The fourth-order valence-electron chi connectivity index (χ4n) is 2.36. The van der Waals surface area contributed by atoms with E-state index in [2.05, 4.69) is 11.7 Å². The third kappa shape index (κ3) is 3.19. The van der Waals surface area contributed by atoms with E-state index in [1.807, 2.05) is 24.3 Å². The third-order valence-corrected chi connectivity index (χ3v) is 3.81. The van der Waals surface area contributed by atoms with Crippen LogP contribution in [0.2, 0.25) is 5.02 Å². The number of furan rings is 1.